The van der Waals surface area contributed by atoms with Crippen LogP contribution >= 0.6 is 11.3 Å². The molecule has 0 saturated carbocycles. The number of aryl methyl sites for hydroxylation is 1. The highest BCUT2D eigenvalue weighted by molar-refractivity contribution is 7.13. The maximum Gasteiger partial charge on any atom is 0.248 e. The molecule has 4 amide bonds. The first-order chi connectivity index (χ1) is 35.1. The Hall–Kier alpha value is -6.58. The topological polar surface area (TPSA) is 218 Å². The number of carbonyl (C=O) groups is 4. The van der Waals surface area contributed by atoms with Crippen LogP contribution < -0.4 is 16.4 Å². The summed E-state index contributed by atoms with van der Waals surface area (Å²) in [6.45, 7) is 9.80. The first-order valence-electron chi connectivity index (χ1n) is 24.5. The van der Waals surface area contributed by atoms with Crippen LogP contribution in [-0.4, -0.2) is 148 Å². The second-order valence-electron chi connectivity index (χ2n) is 19.7. The number of carbonyl (C=O) groups excluding carboxylic acids is 4. The summed E-state index contributed by atoms with van der Waals surface area (Å²) in [6.07, 6.45) is 4.78. The number of benzene rings is 3. The number of likely N-dealkylation sites (tertiary alicyclic amines) is 2. The fourth-order valence-corrected chi connectivity index (χ4v) is 10.1. The van der Waals surface area contributed by atoms with E-state index in [9.17, 15) is 24.3 Å². The number of hydrogen-bond acceptors (Lipinski definition) is 14. The lowest BCUT2D eigenvalue weighted by molar-refractivity contribution is -0.145. The lowest BCUT2D eigenvalue weighted by atomic mass is 9.85. The summed E-state index contributed by atoms with van der Waals surface area (Å²) in [7, 11) is 0. The smallest absolute Gasteiger partial charge is 0.248 e. The Morgan fingerprint density at radius 3 is 2.40 bits per heavy atom. The van der Waals surface area contributed by atoms with Crippen molar-refractivity contribution in [2.45, 2.75) is 84.3 Å². The molecule has 3 aliphatic heterocycles. The summed E-state index contributed by atoms with van der Waals surface area (Å²) in [5.74, 6) is -3.12. The normalized spacial score (nSPS) is 18.6. The van der Waals surface area contributed by atoms with Crippen LogP contribution in [0.5, 0.6) is 0 Å². The van der Waals surface area contributed by atoms with Gasteiger partial charge < -0.3 is 40.7 Å². The molecule has 5 heterocycles. The molecule has 0 bridgehead atoms. The quantitative estimate of drug-likeness (QED) is 0.0958. The third-order valence-corrected chi connectivity index (χ3v) is 14.4. The molecule has 20 heteroatoms. The number of nitrogens with two attached hydrogens (primary N) is 1. The Balaban J connectivity index is 0.802. The van der Waals surface area contributed by atoms with E-state index in [0.29, 0.717) is 85.7 Å². The molecule has 3 atom stereocenters. The largest absolute Gasteiger partial charge is 0.404 e. The van der Waals surface area contributed by atoms with Crippen LogP contribution in [0.25, 0.3) is 38.2 Å². The minimum Gasteiger partial charge on any atom is -0.404 e. The zero-order valence-corrected chi connectivity index (χ0v) is 42.3. The van der Waals surface area contributed by atoms with Gasteiger partial charge in [-0.2, -0.15) is 0 Å². The van der Waals surface area contributed by atoms with Crippen molar-refractivity contribution in [1.82, 2.24) is 40.3 Å². The van der Waals surface area contributed by atoms with E-state index in [1.165, 1.54) is 23.2 Å². The van der Waals surface area contributed by atoms with Crippen molar-refractivity contribution in [1.29, 1.82) is 0 Å². The average Bonchev–Trinajstić information content (AvgIpc) is 4.00. The molecular weight excluding hydrogens is 959 g/mol. The minimum absolute atomic E-state index is 0.00414. The summed E-state index contributed by atoms with van der Waals surface area (Å²) < 4.78 is 41.8. The lowest BCUT2D eigenvalue weighted by Crippen LogP contribution is -2.58. The number of morpholine rings is 1. The number of nitrogens with one attached hydrogen (secondary N) is 2. The first-order valence-corrected chi connectivity index (χ1v) is 25.3. The lowest BCUT2D eigenvalue weighted by Gasteiger charge is -2.35. The van der Waals surface area contributed by atoms with E-state index in [-0.39, 0.29) is 50.2 Å². The van der Waals surface area contributed by atoms with Gasteiger partial charge in [-0.25, -0.2) is 18.7 Å². The predicted octanol–water partition coefficient (Wildman–Crippen LogP) is 5.03. The van der Waals surface area contributed by atoms with Crippen molar-refractivity contribution in [3.05, 3.63) is 107 Å². The molecular formula is C53H62F2N10O7S. The van der Waals surface area contributed by atoms with E-state index in [0.717, 1.165) is 21.7 Å². The van der Waals surface area contributed by atoms with Gasteiger partial charge in [0.05, 0.1) is 64.4 Å². The number of aliphatic hydroxyl groups is 1. The van der Waals surface area contributed by atoms with Crippen LogP contribution in [-0.2, 0) is 41.7 Å². The monoisotopic (exact) mass is 1020 g/mol. The second-order valence-corrected chi connectivity index (χ2v) is 20.5. The van der Waals surface area contributed by atoms with Crippen molar-refractivity contribution in [3.8, 4) is 21.6 Å². The van der Waals surface area contributed by atoms with Gasteiger partial charge in [0.15, 0.2) is 0 Å². The average molecular weight is 1020 g/mol. The highest BCUT2D eigenvalue weighted by Crippen LogP contribution is 2.32. The van der Waals surface area contributed by atoms with Crippen molar-refractivity contribution in [3.63, 3.8) is 0 Å². The molecule has 2 aromatic heterocycles. The molecule has 3 fully saturated rings. The van der Waals surface area contributed by atoms with Gasteiger partial charge in [-0.15, -0.1) is 11.3 Å². The van der Waals surface area contributed by atoms with E-state index in [4.69, 9.17) is 25.2 Å². The number of amides is 4. The number of β-amino-alcohol motifs (C(OH)–C–C–N with tert-alkyl or cyclic N) is 1. The highest BCUT2D eigenvalue weighted by atomic mass is 32.1. The van der Waals surface area contributed by atoms with Crippen LogP contribution in [0.4, 0.5) is 8.78 Å². The standard InChI is InChI=1S/C53H62F2N10O7S/c1-32-49(73-31-60-32)34-10-8-33(9-11-34)24-59-51(69)45-22-38(66)27-65(45)52(70)50(53(2,3)4)62-46(67)29-72-30-47(68)64-14-12-37(13-15-64)57-25-36(23-56)44-26-58-43-7-5-6-39(48(43)61-44)35-20-41(54)40(42(55)21-35)28-63-16-18-71-19-17-63/h5-11,20-21,23,25-26,31,37-38,45,50,66H,12-19,22,24,27-30,56H2,1-4H3,(H,59,69)(H,62,67)/t38?,45?,50-/m1/s1. The number of thiazole rings is 1. The molecule has 0 spiro atoms. The van der Waals surface area contributed by atoms with Crippen molar-refractivity contribution >= 4 is 57.8 Å². The Morgan fingerprint density at radius 2 is 1.73 bits per heavy atom. The van der Waals surface area contributed by atoms with E-state index >= 15 is 8.78 Å². The molecule has 3 aliphatic rings. The Bertz CT molecular complexity index is 2840. The number of para-hydroxylation sites is 1. The molecule has 8 rings (SSSR count). The third-order valence-electron chi connectivity index (χ3n) is 13.4. The molecule has 3 aromatic carbocycles. The summed E-state index contributed by atoms with van der Waals surface area (Å²) in [5.41, 5.74) is 12.6. The van der Waals surface area contributed by atoms with Gasteiger partial charge in [-0.3, -0.25) is 34.1 Å². The second kappa shape index (κ2) is 23.5. The van der Waals surface area contributed by atoms with Gasteiger partial charge in [-0.1, -0.05) is 57.2 Å². The molecule has 386 valence electrons. The number of ether oxygens (including phenoxy) is 2. The molecule has 2 unspecified atom stereocenters. The zero-order valence-electron chi connectivity index (χ0n) is 41.5. The number of aromatic nitrogens is 3. The minimum atomic E-state index is -1.06. The van der Waals surface area contributed by atoms with Crippen LogP contribution in [0.1, 0.15) is 62.5 Å². The van der Waals surface area contributed by atoms with Gasteiger partial charge in [0.25, 0.3) is 0 Å². The van der Waals surface area contributed by atoms with Crippen LogP contribution in [0.15, 0.2) is 77.5 Å². The number of rotatable bonds is 16. The maximum atomic E-state index is 15.4. The van der Waals surface area contributed by atoms with Gasteiger partial charge >= 0.3 is 0 Å². The number of aliphatic hydroxyl groups excluding tert-OH is 1. The van der Waals surface area contributed by atoms with Crippen LogP contribution in [0, 0.1) is 24.0 Å². The van der Waals surface area contributed by atoms with Crippen molar-refractivity contribution in [2.24, 2.45) is 16.1 Å². The van der Waals surface area contributed by atoms with Gasteiger partial charge in [0, 0.05) is 81.3 Å². The number of hydrogen-bond donors (Lipinski definition) is 4. The van der Waals surface area contributed by atoms with Crippen LogP contribution in [0.2, 0.25) is 0 Å². The molecule has 17 nitrogen and oxygen atoms in total. The summed E-state index contributed by atoms with van der Waals surface area (Å²) >= 11 is 1.56. The molecule has 3 saturated heterocycles. The molecule has 73 heavy (non-hydrogen) atoms. The molecule has 5 N–H and O–H groups in total. The Kier molecular flexibility index (Phi) is 17.0. The number of fused-ring (bicyclic) bond motifs is 1. The highest BCUT2D eigenvalue weighted by Gasteiger charge is 2.44. The van der Waals surface area contributed by atoms with E-state index in [2.05, 4.69) is 20.6 Å². The Morgan fingerprint density at radius 1 is 1.00 bits per heavy atom. The summed E-state index contributed by atoms with van der Waals surface area (Å²) in [4.78, 5) is 78.4. The Labute approximate surface area is 426 Å². The van der Waals surface area contributed by atoms with Gasteiger partial charge in [0.1, 0.15) is 36.9 Å². The first kappa shape index (κ1) is 52.7. The summed E-state index contributed by atoms with van der Waals surface area (Å²) in [5, 5.41) is 16.3. The number of piperidine rings is 1. The van der Waals surface area contributed by atoms with Gasteiger partial charge in [0.2, 0.25) is 23.6 Å². The van der Waals surface area contributed by atoms with E-state index in [1.54, 1.807) is 73.1 Å². The van der Waals surface area contributed by atoms with Crippen LogP contribution in [0.3, 0.4) is 0 Å². The van der Waals surface area contributed by atoms with Crippen molar-refractivity contribution < 1.29 is 42.5 Å². The fourth-order valence-electron chi connectivity index (χ4n) is 9.25. The number of halogens is 2. The fraction of sp³-hybridized carbons (Fsp3) is 0.434. The van der Waals surface area contributed by atoms with E-state index < -0.39 is 59.6 Å². The third kappa shape index (κ3) is 13.0. The van der Waals surface area contributed by atoms with Gasteiger partial charge in [-0.05, 0) is 60.1 Å². The molecule has 0 aliphatic carbocycles. The maximum absolute atomic E-state index is 15.4. The summed E-state index contributed by atoms with van der Waals surface area (Å²) in [6, 6.07) is 13.6. The number of nitrogens with zero attached hydrogens (tertiary/aromatic N) is 7. The molecule has 5 aromatic rings. The number of aliphatic imine (C=N–C) groups is 1. The SMILES string of the molecule is Cc1ncsc1-c1ccc(CNC(=O)C2CC(O)CN2C(=O)[C@@H](NC(=O)COCC(=O)N2CCC(N=CC(=CN)c3cnc4cccc(-c5cc(F)c(CN6CCOCC6)c(F)c5)c4n3)CC2)C(C)(C)C)cc1. The number of allylic oxidation sites excluding steroid dienone is 1. The predicted molar refractivity (Wildman–Crippen MR) is 274 cm³/mol. The van der Waals surface area contributed by atoms with E-state index in [1.807, 2.05) is 36.1 Å². The molecule has 0 radical (unpaired) electrons. The zero-order chi connectivity index (χ0) is 51.8. The van der Waals surface area contributed by atoms with Crippen molar-refractivity contribution in [2.75, 3.05) is 59.2 Å².